The number of nitrogens with zero attached hydrogens (tertiary/aromatic N) is 1. The maximum absolute atomic E-state index is 9.08. The second-order valence-corrected chi connectivity index (χ2v) is 11.1. The Hall–Kier alpha value is -0.891. The third kappa shape index (κ3) is 3.53. The number of hydrogen-bond acceptors (Lipinski definition) is 3. The summed E-state index contributed by atoms with van der Waals surface area (Å²) in [6.07, 6.45) is 0. The fraction of sp³-hybridized carbons (Fsp3) is 0.462. The fourth-order valence-corrected chi connectivity index (χ4v) is 5.55. The summed E-state index contributed by atoms with van der Waals surface area (Å²) in [7, 11) is 3.27. The molecule has 3 nitrogen and oxygen atoms in total. The average Bonchev–Trinajstić information content (AvgIpc) is 2.26. The third-order valence-electron chi connectivity index (χ3n) is 2.16. The van der Waals surface area contributed by atoms with Gasteiger partial charge in [0.1, 0.15) is 0 Å². The summed E-state index contributed by atoms with van der Waals surface area (Å²) in [5.41, 5.74) is 0.591. The number of methoxy groups -OCH3 is 2. The quantitative estimate of drug-likeness (QED) is 0.793. The second-order valence-electron chi connectivity index (χ2n) is 4.71. The molecule has 2 radical (unpaired) electrons. The van der Waals surface area contributed by atoms with Crippen LogP contribution in [0.25, 0.3) is 0 Å². The SMILES string of the molecule is COc1ccc(C#N)c(OC)[c]1[Sn][C](C)(C)C. The minimum atomic E-state index is -0.895. The van der Waals surface area contributed by atoms with E-state index >= 15 is 0 Å². The first-order valence-corrected chi connectivity index (χ1v) is 8.21. The van der Waals surface area contributed by atoms with Crippen molar-refractivity contribution in [2.24, 2.45) is 0 Å². The van der Waals surface area contributed by atoms with Crippen LogP contribution >= 0.6 is 0 Å². The van der Waals surface area contributed by atoms with Gasteiger partial charge in [-0.15, -0.1) is 0 Å². The second kappa shape index (κ2) is 5.63. The molecule has 1 aromatic carbocycles. The number of nitriles is 1. The van der Waals surface area contributed by atoms with Crippen LogP contribution in [0.15, 0.2) is 12.1 Å². The van der Waals surface area contributed by atoms with Crippen molar-refractivity contribution in [1.29, 1.82) is 5.26 Å². The van der Waals surface area contributed by atoms with Crippen LogP contribution in [-0.4, -0.2) is 35.4 Å². The molecular weight excluding hydrogens is 321 g/mol. The van der Waals surface area contributed by atoms with E-state index in [1.807, 2.05) is 6.07 Å². The van der Waals surface area contributed by atoms with Gasteiger partial charge in [-0.2, -0.15) is 0 Å². The van der Waals surface area contributed by atoms with Crippen molar-refractivity contribution in [2.45, 2.75) is 24.2 Å². The summed E-state index contributed by atoms with van der Waals surface area (Å²) in [4.78, 5) is 0. The van der Waals surface area contributed by atoms with Crippen LogP contribution in [-0.2, 0) is 0 Å². The zero-order chi connectivity index (χ0) is 13.1. The van der Waals surface area contributed by atoms with E-state index in [-0.39, 0.29) is 3.43 Å². The van der Waals surface area contributed by atoms with Crippen molar-refractivity contribution in [3.63, 3.8) is 0 Å². The Bertz CT molecular complexity index is 444. The van der Waals surface area contributed by atoms with E-state index in [1.54, 1.807) is 20.3 Å². The predicted molar refractivity (Wildman–Crippen MR) is 69.4 cm³/mol. The van der Waals surface area contributed by atoms with Gasteiger partial charge in [-0.3, -0.25) is 0 Å². The molecule has 4 heteroatoms. The van der Waals surface area contributed by atoms with Crippen molar-refractivity contribution in [3.8, 4) is 17.6 Å². The van der Waals surface area contributed by atoms with Gasteiger partial charge in [0, 0.05) is 0 Å². The molecule has 17 heavy (non-hydrogen) atoms. The van der Waals surface area contributed by atoms with Crippen molar-refractivity contribution in [2.75, 3.05) is 14.2 Å². The number of benzene rings is 1. The Labute approximate surface area is 113 Å². The molecule has 90 valence electrons. The summed E-state index contributed by atoms with van der Waals surface area (Å²) in [6, 6.07) is 5.79. The Morgan fingerprint density at radius 1 is 1.18 bits per heavy atom. The first-order valence-electron chi connectivity index (χ1n) is 5.36. The molecule has 0 aliphatic carbocycles. The monoisotopic (exact) mass is 339 g/mol. The van der Waals surface area contributed by atoms with Crippen molar-refractivity contribution < 1.29 is 9.47 Å². The molecule has 0 heterocycles. The van der Waals surface area contributed by atoms with Gasteiger partial charge >= 0.3 is 113 Å². The van der Waals surface area contributed by atoms with E-state index < -0.39 is 21.1 Å². The third-order valence-corrected chi connectivity index (χ3v) is 6.37. The molecule has 0 saturated carbocycles. The molecule has 0 bridgehead atoms. The van der Waals surface area contributed by atoms with Gasteiger partial charge < -0.3 is 0 Å². The molecule has 0 unspecified atom stereocenters. The molecule has 0 fully saturated rings. The van der Waals surface area contributed by atoms with E-state index in [0.29, 0.717) is 11.3 Å². The topological polar surface area (TPSA) is 42.2 Å². The number of rotatable bonds is 3. The van der Waals surface area contributed by atoms with Gasteiger partial charge in [-0.1, -0.05) is 0 Å². The van der Waals surface area contributed by atoms with Gasteiger partial charge in [0.15, 0.2) is 0 Å². The number of ether oxygens (including phenoxy) is 2. The standard InChI is InChI=1S/C9H8NO2.C4H9.Sn/c1-11-8-4-3-7(6-10)9(5-8)12-2;1-4(2)3;/h3-4H,1-2H3;1-3H3;. The Balaban J connectivity index is 3.36. The molecule has 0 saturated heterocycles. The first kappa shape index (κ1) is 14.2. The Kier molecular flexibility index (Phi) is 4.69. The molecule has 0 N–H and O–H groups in total. The van der Waals surface area contributed by atoms with Gasteiger partial charge in [0.25, 0.3) is 0 Å². The zero-order valence-electron chi connectivity index (χ0n) is 10.9. The molecule has 0 aromatic heterocycles. The van der Waals surface area contributed by atoms with Crippen LogP contribution in [0.3, 0.4) is 0 Å². The van der Waals surface area contributed by atoms with E-state index in [2.05, 4.69) is 26.8 Å². The van der Waals surface area contributed by atoms with E-state index in [9.17, 15) is 0 Å². The summed E-state index contributed by atoms with van der Waals surface area (Å²) in [5, 5.41) is 9.08. The summed E-state index contributed by atoms with van der Waals surface area (Å²) in [5.74, 6) is 1.55. The summed E-state index contributed by atoms with van der Waals surface area (Å²) in [6.45, 7) is 6.66. The Morgan fingerprint density at radius 3 is 2.24 bits per heavy atom. The molecule has 1 rings (SSSR count). The van der Waals surface area contributed by atoms with Crippen molar-refractivity contribution in [1.82, 2.24) is 0 Å². The molecular formula is C13H17NO2Sn. The minimum absolute atomic E-state index is 0.276. The predicted octanol–water partition coefficient (Wildman–Crippen LogP) is 2.12. The maximum atomic E-state index is 9.08. The number of hydrogen-bond donors (Lipinski definition) is 0. The van der Waals surface area contributed by atoms with Crippen LogP contribution in [0.2, 0.25) is 3.43 Å². The van der Waals surface area contributed by atoms with Crippen LogP contribution in [0.5, 0.6) is 11.5 Å². The molecule has 0 amide bonds. The summed E-state index contributed by atoms with van der Waals surface area (Å²) < 4.78 is 12.2. The van der Waals surface area contributed by atoms with Crippen LogP contribution in [0.1, 0.15) is 26.3 Å². The average molecular weight is 338 g/mol. The van der Waals surface area contributed by atoms with E-state index in [1.165, 1.54) is 0 Å². The van der Waals surface area contributed by atoms with Gasteiger partial charge in [-0.25, -0.2) is 0 Å². The van der Waals surface area contributed by atoms with Crippen molar-refractivity contribution in [3.05, 3.63) is 17.7 Å². The molecule has 0 spiro atoms. The molecule has 0 aliphatic rings. The van der Waals surface area contributed by atoms with E-state index in [4.69, 9.17) is 14.7 Å². The molecule has 0 atom stereocenters. The normalized spacial score (nSPS) is 10.8. The zero-order valence-corrected chi connectivity index (χ0v) is 13.8. The van der Waals surface area contributed by atoms with Gasteiger partial charge in [0.2, 0.25) is 0 Å². The van der Waals surface area contributed by atoms with Crippen molar-refractivity contribution >= 4 is 24.7 Å². The fourth-order valence-electron chi connectivity index (χ4n) is 1.53. The molecule has 1 aromatic rings. The van der Waals surface area contributed by atoms with Gasteiger partial charge in [-0.05, 0) is 0 Å². The van der Waals surface area contributed by atoms with Gasteiger partial charge in [0.05, 0.1) is 0 Å². The first-order chi connectivity index (χ1) is 7.92. The van der Waals surface area contributed by atoms with Crippen LogP contribution in [0, 0.1) is 11.3 Å². The Morgan fingerprint density at radius 2 is 1.82 bits per heavy atom. The molecule has 0 aliphatic heterocycles. The van der Waals surface area contributed by atoms with E-state index in [0.717, 1.165) is 9.33 Å². The van der Waals surface area contributed by atoms with Crippen LogP contribution < -0.4 is 13.1 Å². The van der Waals surface area contributed by atoms with Crippen LogP contribution in [0.4, 0.5) is 0 Å². The summed E-state index contributed by atoms with van der Waals surface area (Å²) >= 11 is -0.895.